The van der Waals surface area contributed by atoms with Crippen molar-refractivity contribution in [1.29, 1.82) is 0 Å². The number of halogens is 4. The summed E-state index contributed by atoms with van der Waals surface area (Å²) < 4.78 is 24.8. The van der Waals surface area contributed by atoms with E-state index >= 15 is 0 Å². The molecular formula is C8H7Cl2F2NO. The zero-order valence-electron chi connectivity index (χ0n) is 6.98. The number of alkyl halides is 3. The molecule has 0 bridgehead atoms. The Kier molecular flexibility index (Phi) is 4.04. The number of hydrogen-bond donors (Lipinski definition) is 1. The molecule has 14 heavy (non-hydrogen) atoms. The second-order valence-electron chi connectivity index (χ2n) is 2.54. The van der Waals surface area contributed by atoms with Gasteiger partial charge in [-0.3, -0.25) is 4.98 Å². The van der Waals surface area contributed by atoms with Crippen molar-refractivity contribution < 1.29 is 13.9 Å². The molecule has 0 aliphatic carbocycles. The normalized spacial score (nSPS) is 11.0. The van der Waals surface area contributed by atoms with Gasteiger partial charge in [-0.1, -0.05) is 11.6 Å². The third kappa shape index (κ3) is 2.13. The van der Waals surface area contributed by atoms with Crippen LogP contribution in [0.5, 0.6) is 0 Å². The van der Waals surface area contributed by atoms with Gasteiger partial charge in [0.15, 0.2) is 0 Å². The van der Waals surface area contributed by atoms with E-state index in [2.05, 4.69) is 4.98 Å². The average Bonchev–Trinajstić information content (AvgIpc) is 2.16. The Morgan fingerprint density at radius 2 is 2.07 bits per heavy atom. The van der Waals surface area contributed by atoms with Crippen LogP contribution in [0.25, 0.3) is 0 Å². The molecule has 1 aromatic heterocycles. The molecule has 0 saturated carbocycles. The second kappa shape index (κ2) is 4.87. The zero-order valence-corrected chi connectivity index (χ0v) is 8.49. The topological polar surface area (TPSA) is 33.1 Å². The van der Waals surface area contributed by atoms with Gasteiger partial charge < -0.3 is 5.11 Å². The van der Waals surface area contributed by atoms with Gasteiger partial charge in [0, 0.05) is 17.6 Å². The van der Waals surface area contributed by atoms with Crippen molar-refractivity contribution in [2.45, 2.75) is 18.9 Å². The Morgan fingerprint density at radius 1 is 1.43 bits per heavy atom. The van der Waals surface area contributed by atoms with Gasteiger partial charge in [0.25, 0.3) is 6.43 Å². The van der Waals surface area contributed by atoms with Crippen LogP contribution in [0, 0.1) is 0 Å². The predicted molar refractivity (Wildman–Crippen MR) is 49.7 cm³/mol. The number of pyridine rings is 1. The minimum Gasteiger partial charge on any atom is -0.392 e. The van der Waals surface area contributed by atoms with E-state index in [1.165, 1.54) is 0 Å². The molecular weight excluding hydrogens is 235 g/mol. The van der Waals surface area contributed by atoms with Crippen LogP contribution >= 0.6 is 23.2 Å². The van der Waals surface area contributed by atoms with Gasteiger partial charge in [0.05, 0.1) is 11.6 Å². The molecule has 78 valence electrons. The highest BCUT2D eigenvalue weighted by Gasteiger charge is 2.18. The summed E-state index contributed by atoms with van der Waals surface area (Å²) in [5.41, 5.74) is -0.142. The number of aromatic nitrogens is 1. The van der Waals surface area contributed by atoms with Crippen molar-refractivity contribution in [1.82, 2.24) is 4.98 Å². The summed E-state index contributed by atoms with van der Waals surface area (Å²) in [5.74, 6) is -0.0308. The van der Waals surface area contributed by atoms with Crippen LogP contribution in [0.4, 0.5) is 8.78 Å². The average molecular weight is 242 g/mol. The fourth-order valence-corrected chi connectivity index (χ4v) is 1.69. The van der Waals surface area contributed by atoms with Gasteiger partial charge in [0.1, 0.15) is 5.69 Å². The smallest absolute Gasteiger partial charge is 0.280 e. The van der Waals surface area contributed by atoms with Gasteiger partial charge >= 0.3 is 0 Å². The molecule has 0 fully saturated rings. The predicted octanol–water partition coefficient (Wildman–Crippen LogP) is 2.90. The highest BCUT2D eigenvalue weighted by atomic mass is 35.5. The highest BCUT2D eigenvalue weighted by molar-refractivity contribution is 6.32. The monoisotopic (exact) mass is 241 g/mol. The minimum atomic E-state index is -2.74. The van der Waals surface area contributed by atoms with Crippen molar-refractivity contribution in [2.24, 2.45) is 0 Å². The molecule has 0 saturated heterocycles. The third-order valence-corrected chi connectivity index (χ3v) is 2.37. The first kappa shape index (κ1) is 11.6. The number of hydrogen-bond acceptors (Lipinski definition) is 2. The summed E-state index contributed by atoms with van der Waals surface area (Å²) in [4.78, 5) is 3.46. The van der Waals surface area contributed by atoms with Crippen LogP contribution in [-0.2, 0) is 12.5 Å². The van der Waals surface area contributed by atoms with E-state index in [9.17, 15) is 8.78 Å². The summed E-state index contributed by atoms with van der Waals surface area (Å²) in [6.07, 6.45) is -1.63. The SMILES string of the molecule is OCc1c(C(F)F)ncc(Cl)c1CCl. The molecule has 1 rings (SSSR count). The van der Waals surface area contributed by atoms with Crippen LogP contribution in [-0.4, -0.2) is 10.1 Å². The Balaban J connectivity index is 3.33. The van der Waals surface area contributed by atoms with E-state index in [1.807, 2.05) is 0 Å². The standard InChI is InChI=1S/C8H7Cl2F2NO/c9-1-4-5(3-14)7(8(11)12)13-2-6(4)10/h2,8,14H,1,3H2. The van der Waals surface area contributed by atoms with E-state index in [4.69, 9.17) is 28.3 Å². The number of rotatable bonds is 3. The first-order chi connectivity index (χ1) is 6.61. The minimum absolute atomic E-state index is 0.0162. The lowest BCUT2D eigenvalue weighted by Gasteiger charge is -2.10. The largest absolute Gasteiger partial charge is 0.392 e. The van der Waals surface area contributed by atoms with Gasteiger partial charge in [-0.2, -0.15) is 0 Å². The summed E-state index contributed by atoms with van der Waals surface area (Å²) in [5, 5.41) is 9.10. The molecule has 1 aromatic rings. The summed E-state index contributed by atoms with van der Waals surface area (Å²) in [6, 6.07) is 0. The van der Waals surface area contributed by atoms with Crippen LogP contribution in [0.3, 0.4) is 0 Å². The number of aliphatic hydroxyl groups is 1. The van der Waals surface area contributed by atoms with Crippen molar-refractivity contribution in [3.63, 3.8) is 0 Å². The summed E-state index contributed by atoms with van der Waals surface area (Å²) >= 11 is 11.2. The molecule has 1 heterocycles. The summed E-state index contributed by atoms with van der Waals surface area (Å²) in [6.45, 7) is -0.546. The van der Waals surface area contributed by atoms with E-state index in [0.717, 1.165) is 6.20 Å². The second-order valence-corrected chi connectivity index (χ2v) is 3.22. The van der Waals surface area contributed by atoms with Crippen molar-refractivity contribution in [3.05, 3.63) is 28.0 Å². The first-order valence-electron chi connectivity index (χ1n) is 3.73. The molecule has 1 N–H and O–H groups in total. The molecule has 0 radical (unpaired) electrons. The number of aliphatic hydroxyl groups excluding tert-OH is 1. The maximum atomic E-state index is 12.4. The van der Waals surface area contributed by atoms with Crippen molar-refractivity contribution >= 4 is 23.2 Å². The van der Waals surface area contributed by atoms with Crippen LogP contribution < -0.4 is 0 Å². The van der Waals surface area contributed by atoms with E-state index in [-0.39, 0.29) is 16.5 Å². The van der Waals surface area contributed by atoms with Crippen molar-refractivity contribution in [2.75, 3.05) is 0 Å². The number of nitrogens with zero attached hydrogens (tertiary/aromatic N) is 1. The van der Waals surface area contributed by atoms with E-state index < -0.39 is 18.7 Å². The van der Waals surface area contributed by atoms with Crippen LogP contribution in [0.2, 0.25) is 5.02 Å². The van der Waals surface area contributed by atoms with Crippen molar-refractivity contribution in [3.8, 4) is 0 Å². The molecule has 0 unspecified atom stereocenters. The molecule has 0 aliphatic rings. The van der Waals surface area contributed by atoms with E-state index in [1.54, 1.807) is 0 Å². The fraction of sp³-hybridized carbons (Fsp3) is 0.375. The van der Waals surface area contributed by atoms with Crippen LogP contribution in [0.1, 0.15) is 23.2 Å². The molecule has 0 aromatic carbocycles. The Bertz CT molecular complexity index is 333. The lowest BCUT2D eigenvalue weighted by molar-refractivity contribution is 0.141. The lowest BCUT2D eigenvalue weighted by Crippen LogP contribution is -2.03. The molecule has 2 nitrogen and oxygen atoms in total. The lowest BCUT2D eigenvalue weighted by atomic mass is 10.1. The molecule has 0 amide bonds. The van der Waals surface area contributed by atoms with Gasteiger partial charge in [-0.05, 0) is 5.56 Å². The van der Waals surface area contributed by atoms with Gasteiger partial charge in [-0.15, -0.1) is 11.6 Å². The Hall–Kier alpha value is -0.450. The quantitative estimate of drug-likeness (QED) is 0.826. The van der Waals surface area contributed by atoms with E-state index in [0.29, 0.717) is 5.56 Å². The zero-order chi connectivity index (χ0) is 10.7. The highest BCUT2D eigenvalue weighted by Crippen LogP contribution is 2.28. The maximum absolute atomic E-state index is 12.4. The summed E-state index contributed by atoms with van der Waals surface area (Å²) in [7, 11) is 0. The first-order valence-corrected chi connectivity index (χ1v) is 4.64. The maximum Gasteiger partial charge on any atom is 0.280 e. The molecule has 0 atom stereocenters. The molecule has 6 heteroatoms. The third-order valence-electron chi connectivity index (χ3n) is 1.78. The fourth-order valence-electron chi connectivity index (χ4n) is 1.09. The Morgan fingerprint density at radius 3 is 2.50 bits per heavy atom. The molecule has 0 spiro atoms. The van der Waals surface area contributed by atoms with Gasteiger partial charge in [-0.25, -0.2) is 8.78 Å². The molecule has 0 aliphatic heterocycles. The Labute approximate surface area is 89.5 Å². The van der Waals surface area contributed by atoms with Gasteiger partial charge in [0.2, 0.25) is 0 Å². The van der Waals surface area contributed by atoms with Crippen LogP contribution in [0.15, 0.2) is 6.20 Å².